The van der Waals surface area contributed by atoms with Crippen molar-refractivity contribution in [2.24, 2.45) is 0 Å². The summed E-state index contributed by atoms with van der Waals surface area (Å²) in [6.07, 6.45) is 11.6. The van der Waals surface area contributed by atoms with E-state index in [1.54, 1.807) is 12.1 Å². The van der Waals surface area contributed by atoms with E-state index in [1.807, 2.05) is 6.92 Å². The van der Waals surface area contributed by atoms with Crippen LogP contribution in [0.4, 0.5) is 0 Å². The number of fused-ring (bicyclic) bond motifs is 1. The average molecular weight is 523 g/mol. The molecule has 5 nitrogen and oxygen atoms in total. The Morgan fingerprint density at radius 3 is 2.03 bits per heavy atom. The van der Waals surface area contributed by atoms with E-state index < -0.39 is 10.1 Å². The Balaban J connectivity index is 0.000000328. The summed E-state index contributed by atoms with van der Waals surface area (Å²) in [5.41, 5.74) is 5.66. The van der Waals surface area contributed by atoms with Gasteiger partial charge in [0.2, 0.25) is 0 Å². The minimum absolute atomic E-state index is 0.0127. The van der Waals surface area contributed by atoms with Crippen molar-refractivity contribution in [2.75, 3.05) is 18.3 Å². The van der Waals surface area contributed by atoms with Gasteiger partial charge in [-0.15, -0.1) is 0 Å². The molecule has 1 aliphatic heterocycles. The van der Waals surface area contributed by atoms with Crippen molar-refractivity contribution < 1.29 is 22.8 Å². The van der Waals surface area contributed by atoms with E-state index in [0.717, 1.165) is 67.4 Å². The predicted molar refractivity (Wildman–Crippen MR) is 146 cm³/mol. The Bertz CT molecular complexity index is 1070. The van der Waals surface area contributed by atoms with Gasteiger partial charge in [-0.3, -0.25) is 0 Å². The summed E-state index contributed by atoms with van der Waals surface area (Å²) >= 11 is 0. The lowest BCUT2D eigenvalue weighted by Gasteiger charge is -2.40. The molecule has 0 saturated carbocycles. The lowest BCUT2D eigenvalue weighted by Crippen LogP contribution is -2.41. The number of aryl methyl sites for hydroxylation is 1. The average Bonchev–Trinajstić information content (AvgIpc) is 2.82. The predicted octanol–water partition coefficient (Wildman–Crippen LogP) is 5.72. The molecule has 3 rings (SSSR count). The summed E-state index contributed by atoms with van der Waals surface area (Å²) in [7, 11) is -3.81. The van der Waals surface area contributed by atoms with Gasteiger partial charge < -0.3 is 14.4 Å². The first-order chi connectivity index (χ1) is 16.4. The molecule has 196 valence electrons. The lowest BCUT2D eigenvalue weighted by atomic mass is 9.81. The molecular formula is C28H42O5S2. The lowest BCUT2D eigenvalue weighted by molar-refractivity contribution is 0.0378. The van der Waals surface area contributed by atoms with E-state index in [9.17, 15) is 18.1 Å². The molecule has 0 fully saturated rings. The minimum Gasteiger partial charge on any atom is -0.744 e. The second kappa shape index (κ2) is 12.5. The van der Waals surface area contributed by atoms with E-state index in [-0.39, 0.29) is 10.5 Å². The van der Waals surface area contributed by atoms with Gasteiger partial charge in [-0.25, -0.2) is 8.42 Å². The van der Waals surface area contributed by atoms with Crippen LogP contribution in [-0.2, 0) is 46.7 Å². The summed E-state index contributed by atoms with van der Waals surface area (Å²) in [4.78, 5) is -0.178. The van der Waals surface area contributed by atoms with Crippen LogP contribution in [0.15, 0.2) is 29.2 Å². The summed E-state index contributed by atoms with van der Waals surface area (Å²) in [5, 5.41) is 10.8. The molecule has 7 heteroatoms. The van der Waals surface area contributed by atoms with Crippen LogP contribution in [0, 0.1) is 6.92 Å². The fourth-order valence-corrected chi connectivity index (χ4v) is 6.01. The van der Waals surface area contributed by atoms with Gasteiger partial charge in [0.1, 0.15) is 33.0 Å². The molecule has 0 unspecified atom stereocenters. The third-order valence-electron chi connectivity index (χ3n) is 6.98. The Kier molecular flexibility index (Phi) is 10.6. The number of aromatic hydroxyl groups is 1. The standard InChI is InChI=1S/C21H34O2S.C7H8O3S/c1-7-15-17(9-3)20-18(16(8-2)19(15)22)11-12-21(10-4,23-20)13-14-24(5)6;1-6-2-4-7(5-3-6)11(8,9)10/h7-14H2,1-6H3;2-5H,1H3,(H,8,9,10)/t21-;/m1./s1. The van der Waals surface area contributed by atoms with Gasteiger partial charge in [0, 0.05) is 28.7 Å². The SMILES string of the molecule is CCc1c(O)c(CC)c2c(c1CC)O[C@@](CC)(CC[S+](C)C)CC2.Cc1ccc(S(=O)(=O)[O-])cc1. The maximum absolute atomic E-state index is 10.8. The first-order valence-corrected chi connectivity index (χ1v) is 16.2. The van der Waals surface area contributed by atoms with Crippen molar-refractivity contribution in [2.45, 2.75) is 90.1 Å². The zero-order chi connectivity index (χ0) is 26.4. The van der Waals surface area contributed by atoms with Crippen LogP contribution in [0.5, 0.6) is 11.5 Å². The van der Waals surface area contributed by atoms with E-state index >= 15 is 0 Å². The van der Waals surface area contributed by atoms with Gasteiger partial charge in [0.05, 0.1) is 17.4 Å². The summed E-state index contributed by atoms with van der Waals surface area (Å²) in [5.74, 6) is 2.89. The highest BCUT2D eigenvalue weighted by Gasteiger charge is 2.38. The third-order valence-corrected chi connectivity index (χ3v) is 8.85. The van der Waals surface area contributed by atoms with Crippen LogP contribution in [0.25, 0.3) is 0 Å². The number of benzene rings is 2. The van der Waals surface area contributed by atoms with Crippen molar-refractivity contribution in [3.63, 3.8) is 0 Å². The van der Waals surface area contributed by atoms with E-state index in [0.29, 0.717) is 16.6 Å². The summed E-state index contributed by atoms with van der Waals surface area (Å²) in [6, 6.07) is 5.78. The first kappa shape index (κ1) is 29.5. The Morgan fingerprint density at radius 1 is 1.00 bits per heavy atom. The van der Waals surface area contributed by atoms with Crippen LogP contribution in [0.2, 0.25) is 0 Å². The molecule has 0 aromatic heterocycles. The van der Waals surface area contributed by atoms with Gasteiger partial charge in [-0.2, -0.15) is 0 Å². The maximum atomic E-state index is 10.8. The van der Waals surface area contributed by atoms with Crippen LogP contribution < -0.4 is 4.74 Å². The van der Waals surface area contributed by atoms with Crippen molar-refractivity contribution in [3.8, 4) is 11.5 Å². The number of phenolic OH excluding ortho intramolecular Hbond substituents is 1. The molecule has 0 saturated heterocycles. The molecule has 0 aliphatic carbocycles. The molecule has 2 aromatic rings. The van der Waals surface area contributed by atoms with Crippen LogP contribution >= 0.6 is 0 Å². The van der Waals surface area contributed by atoms with Crippen LogP contribution in [0.3, 0.4) is 0 Å². The van der Waals surface area contributed by atoms with Crippen molar-refractivity contribution >= 4 is 21.0 Å². The number of hydrogen-bond acceptors (Lipinski definition) is 5. The van der Waals surface area contributed by atoms with Crippen molar-refractivity contribution in [3.05, 3.63) is 52.1 Å². The Morgan fingerprint density at radius 2 is 1.57 bits per heavy atom. The molecule has 0 radical (unpaired) electrons. The van der Waals surface area contributed by atoms with Gasteiger partial charge in [-0.05, 0) is 68.5 Å². The molecule has 1 heterocycles. The molecule has 0 bridgehead atoms. The van der Waals surface area contributed by atoms with Gasteiger partial charge in [0.15, 0.2) is 0 Å². The first-order valence-electron chi connectivity index (χ1n) is 12.6. The highest BCUT2D eigenvalue weighted by Crippen LogP contribution is 2.46. The molecule has 35 heavy (non-hydrogen) atoms. The minimum atomic E-state index is -4.27. The topological polar surface area (TPSA) is 86.7 Å². The fraction of sp³-hybridized carbons (Fsp3) is 0.571. The molecule has 0 amide bonds. The smallest absolute Gasteiger partial charge is 0.127 e. The monoisotopic (exact) mass is 522 g/mol. The molecule has 0 spiro atoms. The molecule has 1 aliphatic rings. The highest BCUT2D eigenvalue weighted by molar-refractivity contribution is 7.95. The largest absolute Gasteiger partial charge is 0.744 e. The van der Waals surface area contributed by atoms with E-state index in [2.05, 4.69) is 40.2 Å². The number of phenols is 1. The van der Waals surface area contributed by atoms with E-state index in [4.69, 9.17) is 4.74 Å². The molecule has 1 N–H and O–H groups in total. The van der Waals surface area contributed by atoms with Gasteiger partial charge in [-0.1, -0.05) is 45.4 Å². The number of rotatable bonds is 8. The Labute approximate surface area is 215 Å². The second-order valence-electron chi connectivity index (χ2n) is 9.50. The number of ether oxygens (including phenoxy) is 1. The van der Waals surface area contributed by atoms with E-state index in [1.165, 1.54) is 29.0 Å². The van der Waals surface area contributed by atoms with Crippen molar-refractivity contribution in [1.29, 1.82) is 0 Å². The van der Waals surface area contributed by atoms with Gasteiger partial charge in [0.25, 0.3) is 0 Å². The fourth-order valence-electron chi connectivity index (χ4n) is 4.76. The summed E-state index contributed by atoms with van der Waals surface area (Å²) < 4.78 is 37.9. The zero-order valence-corrected chi connectivity index (χ0v) is 24.0. The second-order valence-corrected chi connectivity index (χ2v) is 13.3. The highest BCUT2D eigenvalue weighted by atomic mass is 32.2. The zero-order valence-electron chi connectivity index (χ0n) is 22.4. The molecular weight excluding hydrogens is 480 g/mol. The molecule has 1 atom stereocenters. The van der Waals surface area contributed by atoms with Crippen molar-refractivity contribution in [1.82, 2.24) is 0 Å². The van der Waals surface area contributed by atoms with Crippen LogP contribution in [-0.4, -0.2) is 41.9 Å². The van der Waals surface area contributed by atoms with Gasteiger partial charge >= 0.3 is 0 Å². The normalized spacial score (nSPS) is 17.4. The summed E-state index contributed by atoms with van der Waals surface area (Å²) in [6.45, 7) is 10.5. The number of hydrogen-bond donors (Lipinski definition) is 1. The molecule has 2 aromatic carbocycles. The Hall–Kier alpha value is -1.70. The third kappa shape index (κ3) is 7.17. The van der Waals surface area contributed by atoms with Crippen LogP contribution in [0.1, 0.15) is 74.8 Å². The maximum Gasteiger partial charge on any atom is 0.127 e. The quantitative estimate of drug-likeness (QED) is 0.354.